The smallest absolute Gasteiger partial charge is 0.229 e. The predicted molar refractivity (Wildman–Crippen MR) is 146 cm³/mol. The van der Waals surface area contributed by atoms with Gasteiger partial charge in [0.25, 0.3) is 0 Å². The van der Waals surface area contributed by atoms with Gasteiger partial charge in [0.2, 0.25) is 5.95 Å². The number of aromatic nitrogens is 2. The van der Waals surface area contributed by atoms with E-state index in [0.29, 0.717) is 35.7 Å². The van der Waals surface area contributed by atoms with Crippen molar-refractivity contribution in [2.45, 2.75) is 18.2 Å². The zero-order chi connectivity index (χ0) is 25.7. The molecule has 1 aliphatic heterocycles. The second-order valence-corrected chi connectivity index (χ2v) is 10.2. The molecule has 36 heavy (non-hydrogen) atoms. The molecule has 4 rings (SSSR count). The minimum atomic E-state index is -2.16. The van der Waals surface area contributed by atoms with Crippen molar-refractivity contribution in [3.05, 3.63) is 53.7 Å². The summed E-state index contributed by atoms with van der Waals surface area (Å²) >= 11 is 4.15. The molecule has 2 unspecified atom stereocenters. The Morgan fingerprint density at radius 3 is 2.78 bits per heavy atom. The molecule has 0 radical (unpaired) electrons. The Labute approximate surface area is 219 Å². The quantitative estimate of drug-likeness (QED) is 0.313. The molecule has 0 amide bonds. The molecule has 1 aliphatic rings. The van der Waals surface area contributed by atoms with Crippen molar-refractivity contribution in [1.82, 2.24) is 14.9 Å². The number of ether oxygens (including phenoxy) is 1. The molecule has 9 nitrogen and oxygen atoms in total. The van der Waals surface area contributed by atoms with Gasteiger partial charge in [-0.05, 0) is 57.6 Å². The van der Waals surface area contributed by atoms with Gasteiger partial charge in [-0.15, -0.1) is 0 Å². The zero-order valence-electron chi connectivity index (χ0n) is 20.6. The molecule has 0 aliphatic carbocycles. The number of benzene rings is 2. The summed E-state index contributed by atoms with van der Waals surface area (Å²) in [6, 6.07) is 12.8. The Bertz CT molecular complexity index is 1230. The van der Waals surface area contributed by atoms with Gasteiger partial charge in [-0.25, -0.2) is 9.19 Å². The first-order chi connectivity index (χ1) is 17.3. The molecule has 1 saturated heterocycles. The number of nitrogens with zero attached hydrogens (tertiary/aromatic N) is 4. The summed E-state index contributed by atoms with van der Waals surface area (Å²) in [4.78, 5) is 13.6. The van der Waals surface area contributed by atoms with Crippen LogP contribution in [0.3, 0.4) is 0 Å². The number of rotatable bonds is 10. The Hall–Kier alpha value is -2.92. The van der Waals surface area contributed by atoms with E-state index in [0.717, 1.165) is 31.0 Å². The molecule has 3 N–H and O–H groups in total. The molecule has 2 aromatic carbocycles. The van der Waals surface area contributed by atoms with Crippen LogP contribution in [-0.4, -0.2) is 64.0 Å². The van der Waals surface area contributed by atoms with Crippen molar-refractivity contribution in [2.75, 3.05) is 55.9 Å². The van der Waals surface area contributed by atoms with Gasteiger partial charge in [-0.3, -0.25) is 0 Å². The van der Waals surface area contributed by atoms with E-state index in [1.165, 1.54) is 12.6 Å². The first kappa shape index (κ1) is 26.2. The third kappa shape index (κ3) is 6.44. The molecule has 192 valence electrons. The topological polar surface area (TPSA) is 103 Å². The zero-order valence-corrected chi connectivity index (χ0v) is 22.1. The summed E-state index contributed by atoms with van der Waals surface area (Å²) < 4.78 is 27.2. The van der Waals surface area contributed by atoms with Gasteiger partial charge in [0.1, 0.15) is 10.8 Å². The monoisotopic (exact) mass is 530 g/mol. The molecule has 2 heterocycles. The first-order valence-corrected chi connectivity index (χ1v) is 13.3. The fourth-order valence-electron chi connectivity index (χ4n) is 4.30. The highest BCUT2D eigenvalue weighted by Crippen LogP contribution is 2.35. The van der Waals surface area contributed by atoms with Crippen LogP contribution in [0, 0.1) is 5.92 Å². The van der Waals surface area contributed by atoms with Crippen molar-refractivity contribution in [3.8, 4) is 5.75 Å². The number of para-hydroxylation sites is 1. The largest absolute Gasteiger partial charge is 0.492 e. The highest BCUT2D eigenvalue weighted by molar-refractivity contribution is 7.79. The summed E-state index contributed by atoms with van der Waals surface area (Å²) in [7, 11) is 4.23. The van der Waals surface area contributed by atoms with Crippen molar-refractivity contribution in [3.63, 3.8) is 0 Å². The molecule has 0 bridgehead atoms. The average molecular weight is 531 g/mol. The van der Waals surface area contributed by atoms with Crippen LogP contribution >= 0.6 is 11.6 Å². The average Bonchev–Trinajstić information content (AvgIpc) is 3.30. The van der Waals surface area contributed by atoms with Crippen LogP contribution in [0.15, 0.2) is 53.6 Å². The highest BCUT2D eigenvalue weighted by Gasteiger charge is 2.24. The van der Waals surface area contributed by atoms with Crippen molar-refractivity contribution >= 4 is 51.5 Å². The van der Waals surface area contributed by atoms with E-state index < -0.39 is 11.1 Å². The number of anilines is 5. The lowest BCUT2D eigenvalue weighted by atomic mass is 10.1. The SMILES string of the molecule is CCOc1cc(N2CCC(CN(C)C)C2)ccc1Nc1ncc(Cl)c(Nc2ccccc2S(=O)O)n1. The lowest BCUT2D eigenvalue weighted by molar-refractivity contribution is 0.340. The molecule has 2 atom stereocenters. The number of hydrogen-bond donors (Lipinski definition) is 3. The third-order valence-electron chi connectivity index (χ3n) is 5.86. The van der Waals surface area contributed by atoms with Crippen LogP contribution in [-0.2, 0) is 11.1 Å². The minimum absolute atomic E-state index is 0.227. The van der Waals surface area contributed by atoms with Crippen molar-refractivity contribution < 1.29 is 13.5 Å². The molecule has 0 spiro atoms. The van der Waals surface area contributed by atoms with Gasteiger partial charge in [0.15, 0.2) is 16.9 Å². The molecular weight excluding hydrogens is 500 g/mol. The molecule has 1 fully saturated rings. The van der Waals surface area contributed by atoms with Gasteiger partial charge in [-0.2, -0.15) is 4.98 Å². The summed E-state index contributed by atoms with van der Waals surface area (Å²) in [5, 5.41) is 6.53. The fraction of sp³-hybridized carbons (Fsp3) is 0.360. The second kappa shape index (κ2) is 11.9. The van der Waals surface area contributed by atoms with Crippen LogP contribution in [0.25, 0.3) is 0 Å². The van der Waals surface area contributed by atoms with E-state index in [-0.39, 0.29) is 9.92 Å². The van der Waals surface area contributed by atoms with Gasteiger partial charge < -0.3 is 29.7 Å². The highest BCUT2D eigenvalue weighted by atomic mass is 35.5. The number of hydrogen-bond acceptors (Lipinski definition) is 8. The molecule has 1 aromatic heterocycles. The summed E-state index contributed by atoms with van der Waals surface area (Å²) in [6.07, 6.45) is 2.64. The maximum Gasteiger partial charge on any atom is 0.229 e. The minimum Gasteiger partial charge on any atom is -0.492 e. The van der Waals surface area contributed by atoms with Crippen LogP contribution < -0.4 is 20.3 Å². The Morgan fingerprint density at radius 1 is 1.22 bits per heavy atom. The van der Waals surface area contributed by atoms with Gasteiger partial charge >= 0.3 is 0 Å². The molecule has 3 aromatic rings. The van der Waals surface area contributed by atoms with Crippen LogP contribution in [0.4, 0.5) is 28.8 Å². The second-order valence-electron chi connectivity index (χ2n) is 8.86. The Balaban J connectivity index is 1.54. The third-order valence-corrected chi connectivity index (χ3v) is 6.87. The molecule has 11 heteroatoms. The van der Waals surface area contributed by atoms with E-state index in [9.17, 15) is 8.76 Å². The van der Waals surface area contributed by atoms with E-state index in [4.69, 9.17) is 16.3 Å². The lowest BCUT2D eigenvalue weighted by Crippen LogP contribution is -2.25. The van der Waals surface area contributed by atoms with Crippen LogP contribution in [0.5, 0.6) is 5.75 Å². The maximum atomic E-state index is 11.7. The van der Waals surface area contributed by atoms with Gasteiger partial charge in [0.05, 0.1) is 29.1 Å². The maximum absolute atomic E-state index is 11.7. The molecular formula is C25H31ClN6O3S. The number of halogens is 1. The molecule has 0 saturated carbocycles. The standard InChI is InChI=1S/C25H31ClN6O3S/c1-4-35-22-13-18(32-12-11-17(16-32)15-31(2)3)9-10-20(22)29-25-27-14-19(26)24(30-25)28-21-7-5-6-8-23(21)36(33)34/h5-10,13-14,17H,4,11-12,15-16H2,1-3H3,(H,33,34)(H2,27,28,29,30). The predicted octanol–water partition coefficient (Wildman–Crippen LogP) is 4.98. The van der Waals surface area contributed by atoms with Crippen molar-refractivity contribution in [1.29, 1.82) is 0 Å². The first-order valence-electron chi connectivity index (χ1n) is 11.8. The Kier molecular flexibility index (Phi) is 8.63. The van der Waals surface area contributed by atoms with Crippen LogP contribution in [0.2, 0.25) is 5.02 Å². The Morgan fingerprint density at radius 2 is 2.03 bits per heavy atom. The number of nitrogens with one attached hydrogen (secondary N) is 2. The summed E-state index contributed by atoms with van der Waals surface area (Å²) in [5.74, 6) is 1.98. The van der Waals surface area contributed by atoms with Crippen molar-refractivity contribution in [2.24, 2.45) is 5.92 Å². The van der Waals surface area contributed by atoms with Crippen LogP contribution in [0.1, 0.15) is 13.3 Å². The summed E-state index contributed by atoms with van der Waals surface area (Å²) in [6.45, 7) is 5.59. The van der Waals surface area contributed by atoms with E-state index >= 15 is 0 Å². The fourth-order valence-corrected chi connectivity index (χ4v) is 4.94. The normalized spacial score (nSPS) is 16.3. The van der Waals surface area contributed by atoms with E-state index in [1.54, 1.807) is 24.3 Å². The van der Waals surface area contributed by atoms with E-state index in [2.05, 4.69) is 50.6 Å². The van der Waals surface area contributed by atoms with E-state index in [1.807, 2.05) is 19.1 Å². The van der Waals surface area contributed by atoms with Gasteiger partial charge in [0, 0.05) is 31.4 Å². The van der Waals surface area contributed by atoms with Gasteiger partial charge in [-0.1, -0.05) is 23.7 Å². The summed E-state index contributed by atoms with van der Waals surface area (Å²) in [5.41, 5.74) is 2.29. The lowest BCUT2D eigenvalue weighted by Gasteiger charge is -2.22.